The first-order chi connectivity index (χ1) is 19.4. The van der Waals surface area contributed by atoms with Crippen molar-refractivity contribution < 1.29 is 14.3 Å². The highest BCUT2D eigenvalue weighted by Gasteiger charge is 2.35. The molecule has 10 nitrogen and oxygen atoms in total. The normalized spacial score (nSPS) is 20.5. The van der Waals surface area contributed by atoms with E-state index in [0.717, 1.165) is 24.1 Å². The Bertz CT molecular complexity index is 1390. The molecule has 40 heavy (non-hydrogen) atoms. The second-order valence-corrected chi connectivity index (χ2v) is 10.4. The number of nitroso groups, excluding NO2 is 1. The molecule has 0 radical (unpaired) electrons. The molecule has 0 saturated heterocycles. The summed E-state index contributed by atoms with van der Waals surface area (Å²) in [5.41, 5.74) is 2.97. The Morgan fingerprint density at radius 2 is 1.82 bits per heavy atom. The summed E-state index contributed by atoms with van der Waals surface area (Å²) in [5, 5.41) is 9.51. The maximum Gasteiger partial charge on any atom is 0.251 e. The molecular formula is C30H34N6O4. The minimum Gasteiger partial charge on any atom is -0.495 e. The van der Waals surface area contributed by atoms with E-state index < -0.39 is 0 Å². The van der Waals surface area contributed by atoms with Crippen molar-refractivity contribution in [3.05, 3.63) is 76.7 Å². The molecule has 2 aromatic carbocycles. The zero-order valence-electron chi connectivity index (χ0n) is 23.0. The van der Waals surface area contributed by atoms with Crippen LogP contribution in [0.25, 0.3) is 0 Å². The quantitative estimate of drug-likeness (QED) is 0.384. The first-order valence-corrected chi connectivity index (χ1v) is 13.6. The van der Waals surface area contributed by atoms with Gasteiger partial charge >= 0.3 is 0 Å². The molecule has 1 fully saturated rings. The minimum atomic E-state index is -0.377. The third-order valence-corrected chi connectivity index (χ3v) is 7.75. The predicted molar refractivity (Wildman–Crippen MR) is 155 cm³/mol. The van der Waals surface area contributed by atoms with E-state index in [1.165, 1.54) is 0 Å². The smallest absolute Gasteiger partial charge is 0.251 e. The average molecular weight is 543 g/mol. The second kappa shape index (κ2) is 11.7. The molecule has 2 amide bonds. The van der Waals surface area contributed by atoms with E-state index in [9.17, 15) is 14.5 Å². The Hall–Kier alpha value is -4.47. The van der Waals surface area contributed by atoms with Crippen LogP contribution < -0.4 is 25.2 Å². The standard InChI is InChI=1S/C30H34N6O4/c1-19-30(38)35(2)25-15-16-27(33-28(25)36(19)18-20-7-5-4-6-8-20)32-24-14-9-21(17-26(24)40-3)29(37)31-22-10-12-23(34-39)13-11-22/h4-9,14-17,19,22-23H,10-13,18H2,1-3H3,(H,31,37)(H,32,33)/t19-,22?,23?/m1/s1. The fourth-order valence-corrected chi connectivity index (χ4v) is 5.36. The number of carbonyl (C=O) groups excluding carboxylic acids is 2. The molecule has 3 aromatic rings. The average Bonchev–Trinajstić information content (AvgIpc) is 2.99. The van der Waals surface area contributed by atoms with Gasteiger partial charge in [-0.2, -0.15) is 4.91 Å². The summed E-state index contributed by atoms with van der Waals surface area (Å²) in [6.07, 6.45) is 2.87. The third kappa shape index (κ3) is 5.61. The number of nitrogens with zero attached hydrogens (tertiary/aromatic N) is 4. The first-order valence-electron chi connectivity index (χ1n) is 13.6. The summed E-state index contributed by atoms with van der Waals surface area (Å²) in [5.74, 6) is 1.62. The molecule has 5 rings (SSSR count). The molecule has 1 aliphatic heterocycles. The number of aromatic nitrogens is 1. The van der Waals surface area contributed by atoms with Crippen LogP contribution in [-0.4, -0.2) is 49.1 Å². The zero-order valence-corrected chi connectivity index (χ0v) is 23.0. The van der Waals surface area contributed by atoms with Crippen LogP contribution in [0.2, 0.25) is 0 Å². The molecule has 2 heterocycles. The number of methoxy groups -OCH3 is 1. The van der Waals surface area contributed by atoms with E-state index in [2.05, 4.69) is 15.8 Å². The van der Waals surface area contributed by atoms with E-state index >= 15 is 0 Å². The van der Waals surface area contributed by atoms with Gasteiger partial charge in [-0.25, -0.2) is 4.98 Å². The van der Waals surface area contributed by atoms with E-state index in [1.807, 2.05) is 54.3 Å². The van der Waals surface area contributed by atoms with Gasteiger partial charge in [0.2, 0.25) is 5.91 Å². The van der Waals surface area contributed by atoms with Crippen molar-refractivity contribution in [2.45, 2.75) is 57.3 Å². The van der Waals surface area contributed by atoms with Crippen LogP contribution in [0.1, 0.15) is 48.5 Å². The number of likely N-dealkylation sites (N-methyl/N-ethyl adjacent to an activating group) is 1. The van der Waals surface area contributed by atoms with Crippen molar-refractivity contribution in [3.8, 4) is 5.75 Å². The number of benzene rings is 2. The lowest BCUT2D eigenvalue weighted by Gasteiger charge is -2.39. The number of pyridine rings is 1. The topological polar surface area (TPSA) is 116 Å². The summed E-state index contributed by atoms with van der Waals surface area (Å²) in [6, 6.07) is 18.5. The SMILES string of the molecule is COc1cc(C(=O)NC2CCC(N=O)CC2)ccc1Nc1ccc2c(n1)N(Cc1ccccc1)[C@H](C)C(=O)N2C. The fourth-order valence-electron chi connectivity index (χ4n) is 5.36. The number of ether oxygens (including phenoxy) is 1. The van der Waals surface area contributed by atoms with Gasteiger partial charge in [0, 0.05) is 25.2 Å². The Morgan fingerprint density at radius 3 is 2.52 bits per heavy atom. The summed E-state index contributed by atoms with van der Waals surface area (Å²) in [4.78, 5) is 45.2. The maximum absolute atomic E-state index is 13.0. The molecule has 208 valence electrons. The van der Waals surface area contributed by atoms with Gasteiger partial charge in [0.15, 0.2) is 5.82 Å². The second-order valence-electron chi connectivity index (χ2n) is 10.4. The van der Waals surface area contributed by atoms with Gasteiger partial charge in [-0.1, -0.05) is 35.5 Å². The van der Waals surface area contributed by atoms with E-state index in [1.54, 1.807) is 37.3 Å². The molecular weight excluding hydrogens is 508 g/mol. The molecule has 1 aliphatic carbocycles. The Labute approximate surface area is 233 Å². The van der Waals surface area contributed by atoms with Crippen LogP contribution in [0.4, 0.5) is 23.0 Å². The number of hydrogen-bond acceptors (Lipinski definition) is 8. The molecule has 0 unspecified atom stereocenters. The molecule has 1 aromatic heterocycles. The molecule has 0 bridgehead atoms. The molecule has 10 heteroatoms. The van der Waals surface area contributed by atoms with Crippen LogP contribution in [0.5, 0.6) is 5.75 Å². The molecule has 2 aliphatic rings. The van der Waals surface area contributed by atoms with Crippen molar-refractivity contribution in [2.24, 2.45) is 5.18 Å². The zero-order chi connectivity index (χ0) is 28.2. The Balaban J connectivity index is 1.35. The lowest BCUT2D eigenvalue weighted by atomic mass is 9.91. The lowest BCUT2D eigenvalue weighted by molar-refractivity contribution is -0.119. The van der Waals surface area contributed by atoms with Crippen molar-refractivity contribution >= 4 is 34.8 Å². The summed E-state index contributed by atoms with van der Waals surface area (Å²) in [6.45, 7) is 2.44. The van der Waals surface area contributed by atoms with Gasteiger partial charge in [0.25, 0.3) is 5.91 Å². The van der Waals surface area contributed by atoms with Crippen LogP contribution in [0, 0.1) is 4.91 Å². The number of fused-ring (bicyclic) bond motifs is 1. The Morgan fingerprint density at radius 1 is 1.07 bits per heavy atom. The monoisotopic (exact) mass is 542 g/mol. The van der Waals surface area contributed by atoms with Crippen LogP contribution >= 0.6 is 0 Å². The molecule has 0 spiro atoms. The maximum atomic E-state index is 13.0. The summed E-state index contributed by atoms with van der Waals surface area (Å²) < 4.78 is 5.61. The first kappa shape index (κ1) is 27.1. The van der Waals surface area contributed by atoms with Crippen molar-refractivity contribution in [3.63, 3.8) is 0 Å². The number of hydrogen-bond donors (Lipinski definition) is 2. The number of anilines is 4. The van der Waals surface area contributed by atoms with E-state index in [4.69, 9.17) is 9.72 Å². The van der Waals surface area contributed by atoms with Gasteiger partial charge in [-0.05, 0) is 68.5 Å². The lowest BCUT2D eigenvalue weighted by Crippen LogP contribution is -2.50. The highest BCUT2D eigenvalue weighted by Crippen LogP contribution is 2.37. The van der Waals surface area contributed by atoms with Gasteiger partial charge < -0.3 is 25.2 Å². The third-order valence-electron chi connectivity index (χ3n) is 7.75. The Kier molecular flexibility index (Phi) is 7.95. The van der Waals surface area contributed by atoms with Gasteiger partial charge in [-0.15, -0.1) is 0 Å². The number of rotatable bonds is 8. The van der Waals surface area contributed by atoms with E-state index in [-0.39, 0.29) is 29.9 Å². The highest BCUT2D eigenvalue weighted by atomic mass is 16.5. The van der Waals surface area contributed by atoms with Crippen molar-refractivity contribution in [1.29, 1.82) is 0 Å². The van der Waals surface area contributed by atoms with E-state index in [0.29, 0.717) is 48.0 Å². The number of carbonyl (C=O) groups is 2. The number of amides is 2. The van der Waals surface area contributed by atoms with Gasteiger partial charge in [-0.3, -0.25) is 9.59 Å². The van der Waals surface area contributed by atoms with Crippen molar-refractivity contribution in [1.82, 2.24) is 10.3 Å². The van der Waals surface area contributed by atoms with Crippen LogP contribution in [0.3, 0.4) is 0 Å². The molecule has 1 saturated carbocycles. The molecule has 1 atom stereocenters. The largest absolute Gasteiger partial charge is 0.495 e. The van der Waals surface area contributed by atoms with Crippen LogP contribution in [0.15, 0.2) is 65.8 Å². The minimum absolute atomic E-state index is 0.00919. The highest BCUT2D eigenvalue weighted by molar-refractivity contribution is 6.04. The molecule has 2 N–H and O–H groups in total. The van der Waals surface area contributed by atoms with Crippen molar-refractivity contribution in [2.75, 3.05) is 29.3 Å². The summed E-state index contributed by atoms with van der Waals surface area (Å²) in [7, 11) is 3.32. The van der Waals surface area contributed by atoms with Gasteiger partial charge in [0.05, 0.1) is 24.5 Å². The number of nitrogens with one attached hydrogen (secondary N) is 2. The van der Waals surface area contributed by atoms with Crippen LogP contribution in [-0.2, 0) is 11.3 Å². The fraction of sp³-hybridized carbons (Fsp3) is 0.367. The van der Waals surface area contributed by atoms with Gasteiger partial charge in [0.1, 0.15) is 17.6 Å². The predicted octanol–water partition coefficient (Wildman–Crippen LogP) is 5.01. The summed E-state index contributed by atoms with van der Waals surface area (Å²) >= 11 is 0.